The second-order valence-corrected chi connectivity index (χ2v) is 5.86. The fourth-order valence-electron chi connectivity index (χ4n) is 3.11. The van der Waals surface area contributed by atoms with Gasteiger partial charge in [-0.1, -0.05) is 6.07 Å². The van der Waals surface area contributed by atoms with E-state index in [1.54, 1.807) is 12.1 Å². The quantitative estimate of drug-likeness (QED) is 0.921. The largest absolute Gasteiger partial charge is 0.381 e. The van der Waals surface area contributed by atoms with Crippen LogP contribution in [0.5, 0.6) is 0 Å². The van der Waals surface area contributed by atoms with Crippen LogP contribution >= 0.6 is 0 Å². The zero-order valence-electron chi connectivity index (χ0n) is 13.0. The van der Waals surface area contributed by atoms with Gasteiger partial charge in [-0.05, 0) is 44.5 Å². The van der Waals surface area contributed by atoms with Crippen LogP contribution in [0.2, 0.25) is 0 Å². The molecule has 1 saturated heterocycles. The second kappa shape index (κ2) is 6.92. The van der Waals surface area contributed by atoms with Gasteiger partial charge >= 0.3 is 0 Å². The summed E-state index contributed by atoms with van der Waals surface area (Å²) in [5.41, 5.74) is 0.863. The Bertz CT molecular complexity index is 610. The Labute approximate surface area is 131 Å². The smallest absolute Gasteiger partial charge is 0.125 e. The van der Waals surface area contributed by atoms with Gasteiger partial charge in [0.05, 0.1) is 6.54 Å². The maximum absolute atomic E-state index is 13.3. The lowest BCUT2D eigenvalue weighted by Crippen LogP contribution is -2.42. The van der Waals surface area contributed by atoms with Crippen molar-refractivity contribution in [2.45, 2.75) is 38.9 Å². The highest BCUT2D eigenvalue weighted by Gasteiger charge is 2.21. The molecular formula is C17H23FN4. The lowest BCUT2D eigenvalue weighted by Gasteiger charge is -2.33. The number of aryl methyl sites for hydroxylation is 1. The molecule has 0 radical (unpaired) electrons. The van der Waals surface area contributed by atoms with Gasteiger partial charge in [-0.3, -0.25) is 4.90 Å². The van der Waals surface area contributed by atoms with Gasteiger partial charge in [0.25, 0.3) is 0 Å². The fraction of sp³-hybridized carbons (Fsp3) is 0.471. The number of rotatable bonds is 5. The van der Waals surface area contributed by atoms with E-state index < -0.39 is 0 Å². The fourth-order valence-corrected chi connectivity index (χ4v) is 3.11. The molecule has 2 aromatic rings. The number of anilines is 1. The number of nitrogens with one attached hydrogen (secondary N) is 1. The Morgan fingerprint density at radius 3 is 3.14 bits per heavy atom. The van der Waals surface area contributed by atoms with Crippen molar-refractivity contribution in [1.82, 2.24) is 14.5 Å². The highest BCUT2D eigenvalue weighted by Crippen LogP contribution is 2.18. The van der Waals surface area contributed by atoms with Crippen molar-refractivity contribution in [2.75, 3.05) is 18.4 Å². The van der Waals surface area contributed by atoms with Gasteiger partial charge in [-0.15, -0.1) is 0 Å². The summed E-state index contributed by atoms with van der Waals surface area (Å²) in [5, 5.41) is 3.45. The Hall–Kier alpha value is -1.88. The van der Waals surface area contributed by atoms with Crippen LogP contribution < -0.4 is 5.32 Å². The number of aromatic nitrogens is 2. The SMILES string of the molecule is CCn1ccnc1CN1CCC[C@H](Nc2cccc(F)c2)C1. The molecule has 0 spiro atoms. The van der Waals surface area contributed by atoms with Crippen LogP contribution in [-0.2, 0) is 13.1 Å². The number of piperidine rings is 1. The highest BCUT2D eigenvalue weighted by molar-refractivity contribution is 5.44. The summed E-state index contributed by atoms with van der Waals surface area (Å²) in [6.45, 7) is 6.02. The number of nitrogens with zero attached hydrogens (tertiary/aromatic N) is 3. The van der Waals surface area contributed by atoms with Crippen molar-refractivity contribution >= 4 is 5.69 Å². The highest BCUT2D eigenvalue weighted by atomic mass is 19.1. The van der Waals surface area contributed by atoms with Crippen molar-refractivity contribution in [2.24, 2.45) is 0 Å². The van der Waals surface area contributed by atoms with E-state index in [4.69, 9.17) is 0 Å². The molecular weight excluding hydrogens is 279 g/mol. The van der Waals surface area contributed by atoms with E-state index in [0.29, 0.717) is 6.04 Å². The summed E-state index contributed by atoms with van der Waals surface area (Å²) < 4.78 is 15.5. The van der Waals surface area contributed by atoms with Gasteiger partial charge in [0.2, 0.25) is 0 Å². The zero-order chi connectivity index (χ0) is 15.4. The third-order valence-corrected chi connectivity index (χ3v) is 4.21. The maximum atomic E-state index is 13.3. The molecule has 0 unspecified atom stereocenters. The van der Waals surface area contributed by atoms with Gasteiger partial charge < -0.3 is 9.88 Å². The minimum Gasteiger partial charge on any atom is -0.381 e. The summed E-state index contributed by atoms with van der Waals surface area (Å²) in [6.07, 6.45) is 6.17. The van der Waals surface area contributed by atoms with Crippen molar-refractivity contribution in [3.63, 3.8) is 0 Å². The van der Waals surface area contributed by atoms with E-state index in [0.717, 1.165) is 50.5 Å². The molecule has 0 amide bonds. The summed E-state index contributed by atoms with van der Waals surface area (Å²) in [5.74, 6) is 0.927. The van der Waals surface area contributed by atoms with Gasteiger partial charge in [0.15, 0.2) is 0 Å². The lowest BCUT2D eigenvalue weighted by atomic mass is 10.1. The minimum atomic E-state index is -0.192. The van der Waals surface area contributed by atoms with Gasteiger partial charge in [0, 0.05) is 37.2 Å². The molecule has 0 aliphatic carbocycles. The summed E-state index contributed by atoms with van der Waals surface area (Å²) in [6, 6.07) is 7.06. The van der Waals surface area contributed by atoms with Gasteiger partial charge in [0.1, 0.15) is 11.6 Å². The monoisotopic (exact) mass is 302 g/mol. The first-order chi connectivity index (χ1) is 10.7. The molecule has 1 aromatic carbocycles. The Balaban J connectivity index is 1.59. The molecule has 1 aromatic heterocycles. The molecule has 22 heavy (non-hydrogen) atoms. The van der Waals surface area contributed by atoms with E-state index >= 15 is 0 Å². The van der Waals surface area contributed by atoms with E-state index in [-0.39, 0.29) is 5.82 Å². The number of imidazole rings is 1. The predicted octanol–water partition coefficient (Wildman–Crippen LogP) is 3.12. The summed E-state index contributed by atoms with van der Waals surface area (Å²) in [4.78, 5) is 6.88. The first-order valence-electron chi connectivity index (χ1n) is 7.99. The molecule has 0 bridgehead atoms. The normalized spacial score (nSPS) is 19.3. The van der Waals surface area contributed by atoms with E-state index in [2.05, 4.69) is 26.7 Å². The topological polar surface area (TPSA) is 33.1 Å². The predicted molar refractivity (Wildman–Crippen MR) is 86.2 cm³/mol. The molecule has 1 N–H and O–H groups in total. The number of hydrogen-bond acceptors (Lipinski definition) is 3. The molecule has 4 nitrogen and oxygen atoms in total. The van der Waals surface area contributed by atoms with Crippen LogP contribution in [0.1, 0.15) is 25.6 Å². The summed E-state index contributed by atoms with van der Waals surface area (Å²) in [7, 11) is 0. The van der Waals surface area contributed by atoms with Crippen molar-refractivity contribution in [1.29, 1.82) is 0 Å². The zero-order valence-corrected chi connectivity index (χ0v) is 13.0. The average molecular weight is 302 g/mol. The molecule has 1 fully saturated rings. The Kier molecular flexibility index (Phi) is 4.73. The molecule has 3 rings (SSSR count). The standard InChI is InChI=1S/C17H23FN4/c1-2-22-10-8-19-17(22)13-21-9-4-7-16(12-21)20-15-6-3-5-14(18)11-15/h3,5-6,8,10-11,16,20H,2,4,7,9,12-13H2,1H3/t16-/m0/s1. The number of hydrogen-bond donors (Lipinski definition) is 1. The first kappa shape index (κ1) is 15.0. The van der Waals surface area contributed by atoms with E-state index in [9.17, 15) is 4.39 Å². The second-order valence-electron chi connectivity index (χ2n) is 5.86. The van der Waals surface area contributed by atoms with Crippen molar-refractivity contribution < 1.29 is 4.39 Å². The van der Waals surface area contributed by atoms with Crippen LogP contribution in [0.4, 0.5) is 10.1 Å². The Morgan fingerprint density at radius 1 is 1.41 bits per heavy atom. The third kappa shape index (κ3) is 3.65. The molecule has 2 heterocycles. The first-order valence-corrected chi connectivity index (χ1v) is 7.99. The number of halogens is 1. The summed E-state index contributed by atoms with van der Waals surface area (Å²) >= 11 is 0. The minimum absolute atomic E-state index is 0.192. The lowest BCUT2D eigenvalue weighted by molar-refractivity contribution is 0.201. The van der Waals surface area contributed by atoms with Crippen molar-refractivity contribution in [3.8, 4) is 0 Å². The molecule has 5 heteroatoms. The van der Waals surface area contributed by atoms with E-state index in [1.807, 2.05) is 18.5 Å². The molecule has 1 aliphatic rings. The molecule has 1 aliphatic heterocycles. The number of likely N-dealkylation sites (tertiary alicyclic amines) is 1. The average Bonchev–Trinajstić information content (AvgIpc) is 2.95. The maximum Gasteiger partial charge on any atom is 0.125 e. The van der Waals surface area contributed by atoms with Crippen LogP contribution in [0.3, 0.4) is 0 Å². The van der Waals surface area contributed by atoms with Gasteiger partial charge in [-0.25, -0.2) is 9.37 Å². The molecule has 0 saturated carbocycles. The van der Waals surface area contributed by atoms with Gasteiger partial charge in [-0.2, -0.15) is 0 Å². The van der Waals surface area contributed by atoms with Crippen molar-refractivity contribution in [3.05, 3.63) is 48.3 Å². The Morgan fingerprint density at radius 2 is 2.32 bits per heavy atom. The van der Waals surface area contributed by atoms with Crippen LogP contribution in [0.15, 0.2) is 36.7 Å². The molecule has 1 atom stereocenters. The number of benzene rings is 1. The van der Waals surface area contributed by atoms with Crippen LogP contribution in [0.25, 0.3) is 0 Å². The van der Waals surface area contributed by atoms with Crippen LogP contribution in [0, 0.1) is 5.82 Å². The van der Waals surface area contributed by atoms with E-state index in [1.165, 1.54) is 6.07 Å². The van der Waals surface area contributed by atoms with Crippen LogP contribution in [-0.4, -0.2) is 33.6 Å². The molecule has 118 valence electrons. The third-order valence-electron chi connectivity index (χ3n) is 4.21.